The highest BCUT2D eigenvalue weighted by Crippen LogP contribution is 2.21. The zero-order valence-electron chi connectivity index (χ0n) is 8.20. The Hall–Kier alpha value is -0.940. The van der Waals surface area contributed by atoms with E-state index in [0.29, 0.717) is 4.88 Å². The number of nitrogens with two attached hydrogens (primary N) is 1. The molecule has 2 atom stereocenters. The summed E-state index contributed by atoms with van der Waals surface area (Å²) in [4.78, 5) is 16.6. The lowest BCUT2D eigenvalue weighted by Crippen LogP contribution is -2.29. The second-order valence-corrected chi connectivity index (χ2v) is 4.83. The van der Waals surface area contributed by atoms with Crippen molar-refractivity contribution >= 4 is 17.2 Å². The van der Waals surface area contributed by atoms with Crippen molar-refractivity contribution in [3.63, 3.8) is 0 Å². The number of hydrogen-bond donors (Lipinski definition) is 2. The lowest BCUT2D eigenvalue weighted by atomic mass is 10.3. The van der Waals surface area contributed by atoms with E-state index >= 15 is 0 Å². The first-order valence-electron chi connectivity index (χ1n) is 4.58. The van der Waals surface area contributed by atoms with E-state index in [9.17, 15) is 4.79 Å². The zero-order valence-corrected chi connectivity index (χ0v) is 9.02. The SMILES string of the molecule is Cc1nc(C)c(C(=O)NC2CC2N)s1. The molecule has 4 nitrogen and oxygen atoms in total. The molecule has 1 aliphatic rings. The first-order valence-corrected chi connectivity index (χ1v) is 5.40. The summed E-state index contributed by atoms with van der Waals surface area (Å²) < 4.78 is 0. The van der Waals surface area contributed by atoms with Gasteiger partial charge in [0.15, 0.2) is 0 Å². The van der Waals surface area contributed by atoms with E-state index in [4.69, 9.17) is 5.73 Å². The van der Waals surface area contributed by atoms with Crippen LogP contribution >= 0.6 is 11.3 Å². The topological polar surface area (TPSA) is 68.0 Å². The molecule has 1 fully saturated rings. The Morgan fingerprint density at radius 3 is 2.71 bits per heavy atom. The van der Waals surface area contributed by atoms with E-state index in [2.05, 4.69) is 10.3 Å². The van der Waals surface area contributed by atoms with E-state index in [1.165, 1.54) is 11.3 Å². The molecule has 0 spiro atoms. The fraction of sp³-hybridized carbons (Fsp3) is 0.556. The van der Waals surface area contributed by atoms with Crippen molar-refractivity contribution in [1.82, 2.24) is 10.3 Å². The monoisotopic (exact) mass is 211 g/mol. The maximum Gasteiger partial charge on any atom is 0.263 e. The quantitative estimate of drug-likeness (QED) is 0.752. The summed E-state index contributed by atoms with van der Waals surface area (Å²) in [6.45, 7) is 3.75. The summed E-state index contributed by atoms with van der Waals surface area (Å²) in [5.74, 6) is -0.0361. The van der Waals surface area contributed by atoms with E-state index in [0.717, 1.165) is 17.1 Å². The van der Waals surface area contributed by atoms with Gasteiger partial charge in [0.25, 0.3) is 5.91 Å². The summed E-state index contributed by atoms with van der Waals surface area (Å²) in [6, 6.07) is 0.317. The standard InChI is InChI=1S/C9H13N3OS/c1-4-8(14-5(2)11-4)9(13)12-7-3-6(7)10/h6-7H,3,10H2,1-2H3,(H,12,13). The number of carbonyl (C=O) groups excluding carboxylic acids is 1. The summed E-state index contributed by atoms with van der Waals surface area (Å²) in [5, 5.41) is 3.80. The van der Waals surface area contributed by atoms with Gasteiger partial charge in [-0.2, -0.15) is 0 Å². The van der Waals surface area contributed by atoms with Crippen molar-refractivity contribution in [2.45, 2.75) is 32.4 Å². The molecule has 0 aromatic carbocycles. The van der Waals surface area contributed by atoms with Crippen LogP contribution in [-0.4, -0.2) is 23.0 Å². The second kappa shape index (κ2) is 3.33. The molecule has 1 aliphatic carbocycles. The minimum atomic E-state index is -0.0361. The maximum atomic E-state index is 11.7. The number of nitrogens with one attached hydrogen (secondary N) is 1. The molecular weight excluding hydrogens is 198 g/mol. The smallest absolute Gasteiger partial charge is 0.263 e. The molecule has 0 saturated heterocycles. The molecule has 1 saturated carbocycles. The molecule has 0 radical (unpaired) electrons. The fourth-order valence-corrected chi connectivity index (χ4v) is 2.18. The second-order valence-electron chi connectivity index (χ2n) is 3.63. The Bertz CT molecular complexity index is 374. The number of aryl methyl sites for hydroxylation is 2. The average Bonchev–Trinajstić information content (AvgIpc) is 2.64. The Labute approximate surface area is 86.5 Å². The highest BCUT2D eigenvalue weighted by atomic mass is 32.1. The van der Waals surface area contributed by atoms with E-state index in [1.807, 2.05) is 13.8 Å². The van der Waals surface area contributed by atoms with Crippen LogP contribution in [0.25, 0.3) is 0 Å². The van der Waals surface area contributed by atoms with Crippen LogP contribution in [-0.2, 0) is 0 Å². The number of rotatable bonds is 2. The number of thiazole rings is 1. The van der Waals surface area contributed by atoms with Gasteiger partial charge in [-0.15, -0.1) is 11.3 Å². The van der Waals surface area contributed by atoms with Crippen LogP contribution in [0.2, 0.25) is 0 Å². The molecule has 1 amide bonds. The molecule has 0 bridgehead atoms. The number of nitrogens with zero attached hydrogens (tertiary/aromatic N) is 1. The van der Waals surface area contributed by atoms with Crippen LogP contribution in [0.15, 0.2) is 0 Å². The van der Waals surface area contributed by atoms with Gasteiger partial charge in [0.05, 0.1) is 10.7 Å². The maximum absolute atomic E-state index is 11.7. The Kier molecular flexibility index (Phi) is 2.28. The van der Waals surface area contributed by atoms with E-state index in [1.54, 1.807) is 0 Å². The van der Waals surface area contributed by atoms with Crippen molar-refractivity contribution in [2.75, 3.05) is 0 Å². The predicted molar refractivity (Wildman–Crippen MR) is 55.4 cm³/mol. The van der Waals surface area contributed by atoms with Crippen molar-refractivity contribution in [3.05, 3.63) is 15.6 Å². The minimum Gasteiger partial charge on any atom is -0.347 e. The third-order valence-corrected chi connectivity index (χ3v) is 3.34. The van der Waals surface area contributed by atoms with Gasteiger partial charge in [-0.3, -0.25) is 4.79 Å². The summed E-state index contributed by atoms with van der Waals surface area (Å²) in [7, 11) is 0. The molecule has 2 unspecified atom stereocenters. The third-order valence-electron chi connectivity index (χ3n) is 2.27. The van der Waals surface area contributed by atoms with Crippen LogP contribution in [0.4, 0.5) is 0 Å². The molecule has 1 aromatic rings. The molecule has 0 aliphatic heterocycles. The van der Waals surface area contributed by atoms with Gasteiger partial charge in [0.1, 0.15) is 4.88 Å². The Morgan fingerprint density at radius 1 is 1.64 bits per heavy atom. The van der Waals surface area contributed by atoms with Crippen molar-refractivity contribution in [1.29, 1.82) is 0 Å². The Morgan fingerprint density at radius 2 is 2.29 bits per heavy atom. The lowest BCUT2D eigenvalue weighted by molar-refractivity contribution is 0.0953. The van der Waals surface area contributed by atoms with Crippen molar-refractivity contribution in [3.8, 4) is 0 Å². The largest absolute Gasteiger partial charge is 0.347 e. The molecule has 14 heavy (non-hydrogen) atoms. The van der Waals surface area contributed by atoms with Crippen LogP contribution in [0.1, 0.15) is 26.8 Å². The Balaban J connectivity index is 2.07. The average molecular weight is 211 g/mol. The lowest BCUT2D eigenvalue weighted by Gasteiger charge is -2.00. The number of hydrogen-bond acceptors (Lipinski definition) is 4. The van der Waals surface area contributed by atoms with E-state index < -0.39 is 0 Å². The van der Waals surface area contributed by atoms with Gasteiger partial charge in [-0.05, 0) is 20.3 Å². The first kappa shape index (κ1) is 9.61. The summed E-state index contributed by atoms with van der Waals surface area (Å²) >= 11 is 1.43. The van der Waals surface area contributed by atoms with E-state index in [-0.39, 0.29) is 18.0 Å². The summed E-state index contributed by atoms with van der Waals surface area (Å²) in [5.41, 5.74) is 6.41. The van der Waals surface area contributed by atoms with Crippen molar-refractivity contribution in [2.24, 2.45) is 5.73 Å². The van der Waals surface area contributed by atoms with Crippen LogP contribution in [0, 0.1) is 13.8 Å². The number of carbonyl (C=O) groups is 1. The predicted octanol–water partition coefficient (Wildman–Crippen LogP) is 0.589. The van der Waals surface area contributed by atoms with Gasteiger partial charge < -0.3 is 11.1 Å². The van der Waals surface area contributed by atoms with Gasteiger partial charge in [0.2, 0.25) is 0 Å². The van der Waals surface area contributed by atoms with Crippen LogP contribution in [0.5, 0.6) is 0 Å². The normalized spacial score (nSPS) is 24.8. The molecular formula is C9H13N3OS. The molecule has 5 heteroatoms. The fourth-order valence-electron chi connectivity index (χ4n) is 1.36. The highest BCUT2D eigenvalue weighted by molar-refractivity contribution is 7.13. The van der Waals surface area contributed by atoms with Crippen LogP contribution < -0.4 is 11.1 Å². The van der Waals surface area contributed by atoms with Gasteiger partial charge >= 0.3 is 0 Å². The molecule has 1 heterocycles. The summed E-state index contributed by atoms with van der Waals surface area (Å²) in [6.07, 6.45) is 0.891. The highest BCUT2D eigenvalue weighted by Gasteiger charge is 2.35. The molecule has 1 aromatic heterocycles. The van der Waals surface area contributed by atoms with Gasteiger partial charge in [0, 0.05) is 12.1 Å². The molecule has 3 N–H and O–H groups in total. The number of aromatic nitrogens is 1. The first-order chi connectivity index (χ1) is 6.58. The number of amides is 1. The molecule has 2 rings (SSSR count). The van der Waals surface area contributed by atoms with Gasteiger partial charge in [-0.1, -0.05) is 0 Å². The zero-order chi connectivity index (χ0) is 10.3. The van der Waals surface area contributed by atoms with Gasteiger partial charge in [-0.25, -0.2) is 4.98 Å². The van der Waals surface area contributed by atoms with Crippen molar-refractivity contribution < 1.29 is 4.79 Å². The molecule has 76 valence electrons. The minimum absolute atomic E-state index is 0.0361. The van der Waals surface area contributed by atoms with Crippen LogP contribution in [0.3, 0.4) is 0 Å². The third kappa shape index (κ3) is 1.78.